The van der Waals surface area contributed by atoms with Crippen LogP contribution in [0.25, 0.3) is 0 Å². The Labute approximate surface area is 155 Å². The van der Waals surface area contributed by atoms with Crippen LogP contribution in [-0.4, -0.2) is 53.4 Å². The lowest BCUT2D eigenvalue weighted by molar-refractivity contribution is -0.155. The summed E-state index contributed by atoms with van der Waals surface area (Å²) < 4.78 is 5.47. The Morgan fingerprint density at radius 1 is 1.23 bits per heavy atom. The van der Waals surface area contributed by atoms with Crippen molar-refractivity contribution < 1.29 is 14.3 Å². The number of likely N-dealkylation sites (tertiary alicyclic amines) is 2. The van der Waals surface area contributed by atoms with E-state index in [0.717, 1.165) is 38.1 Å². The molecular weight excluding hydrogens is 328 g/mol. The zero-order chi connectivity index (χ0) is 18.7. The number of hydrogen-bond acceptors (Lipinski definition) is 3. The van der Waals surface area contributed by atoms with Gasteiger partial charge in [-0.25, -0.2) is 0 Å². The summed E-state index contributed by atoms with van der Waals surface area (Å²) in [6.45, 7) is 10.2. The van der Waals surface area contributed by atoms with E-state index in [9.17, 15) is 9.59 Å². The monoisotopic (exact) mass is 356 g/mol. The van der Waals surface area contributed by atoms with Gasteiger partial charge < -0.3 is 14.5 Å². The topological polar surface area (TPSA) is 49.9 Å². The first-order valence-electron chi connectivity index (χ1n) is 9.41. The maximum Gasteiger partial charge on any atom is 0.253 e. The molecule has 0 bridgehead atoms. The van der Waals surface area contributed by atoms with Crippen LogP contribution in [0.1, 0.15) is 43.5 Å². The fourth-order valence-corrected chi connectivity index (χ4v) is 3.94. The van der Waals surface area contributed by atoms with Crippen LogP contribution in [0, 0.1) is 5.92 Å². The number of rotatable bonds is 5. The van der Waals surface area contributed by atoms with Gasteiger partial charge in [0.2, 0.25) is 5.91 Å². The number of ether oxygens (including phenoxy) is 1. The third-order valence-electron chi connectivity index (χ3n) is 5.44. The van der Waals surface area contributed by atoms with E-state index in [1.54, 1.807) is 18.2 Å². The number of hydrogen-bond donors (Lipinski definition) is 0. The molecule has 1 unspecified atom stereocenters. The highest BCUT2D eigenvalue weighted by atomic mass is 16.5. The van der Waals surface area contributed by atoms with Gasteiger partial charge in [0.05, 0.1) is 5.54 Å². The summed E-state index contributed by atoms with van der Waals surface area (Å²) in [5, 5.41) is 0. The molecule has 140 valence electrons. The number of carbonyl (C=O) groups is 2. The molecule has 3 rings (SSSR count). The van der Waals surface area contributed by atoms with E-state index in [0.29, 0.717) is 18.7 Å². The van der Waals surface area contributed by atoms with Crippen molar-refractivity contribution >= 4 is 11.8 Å². The minimum Gasteiger partial charge on any atom is -0.490 e. The van der Waals surface area contributed by atoms with Crippen molar-refractivity contribution in [1.29, 1.82) is 0 Å². The van der Waals surface area contributed by atoms with Crippen molar-refractivity contribution in [2.45, 2.75) is 38.6 Å². The molecule has 0 aliphatic carbocycles. The van der Waals surface area contributed by atoms with Crippen LogP contribution in [0.5, 0.6) is 5.75 Å². The summed E-state index contributed by atoms with van der Waals surface area (Å²) in [5.41, 5.74) is 0.511. The molecule has 2 heterocycles. The van der Waals surface area contributed by atoms with Crippen molar-refractivity contribution in [3.63, 3.8) is 0 Å². The lowest BCUT2D eigenvalue weighted by atomic mass is 9.76. The summed E-state index contributed by atoms with van der Waals surface area (Å²) in [6.07, 6.45) is 4.61. The molecule has 2 saturated heterocycles. The quantitative estimate of drug-likeness (QED) is 0.762. The van der Waals surface area contributed by atoms with Crippen LogP contribution < -0.4 is 4.74 Å². The molecule has 2 fully saturated rings. The Balaban J connectivity index is 1.68. The highest BCUT2D eigenvalue weighted by Crippen LogP contribution is 2.39. The number of carbonyl (C=O) groups excluding carboxylic acids is 2. The van der Waals surface area contributed by atoms with Gasteiger partial charge in [-0.05, 0) is 43.5 Å². The van der Waals surface area contributed by atoms with Gasteiger partial charge in [-0.2, -0.15) is 0 Å². The van der Waals surface area contributed by atoms with Crippen molar-refractivity contribution in [1.82, 2.24) is 9.80 Å². The van der Waals surface area contributed by atoms with Crippen LogP contribution in [0.4, 0.5) is 0 Å². The second-order valence-corrected chi connectivity index (χ2v) is 7.57. The molecule has 0 N–H and O–H groups in total. The molecule has 5 heteroatoms. The molecule has 2 amide bonds. The predicted octanol–water partition coefficient (Wildman–Crippen LogP) is 3.11. The fraction of sp³-hybridized carbons (Fsp3) is 0.524. The molecule has 0 aromatic heterocycles. The largest absolute Gasteiger partial charge is 0.490 e. The second-order valence-electron chi connectivity index (χ2n) is 7.57. The Kier molecular flexibility index (Phi) is 5.35. The number of benzene rings is 1. The summed E-state index contributed by atoms with van der Waals surface area (Å²) in [4.78, 5) is 29.3. The van der Waals surface area contributed by atoms with Crippen molar-refractivity contribution in [2.24, 2.45) is 5.92 Å². The zero-order valence-electron chi connectivity index (χ0n) is 15.7. The molecule has 0 radical (unpaired) electrons. The summed E-state index contributed by atoms with van der Waals surface area (Å²) in [7, 11) is 0. The highest BCUT2D eigenvalue weighted by Gasteiger charge is 2.50. The fourth-order valence-electron chi connectivity index (χ4n) is 3.94. The third-order valence-corrected chi connectivity index (χ3v) is 5.44. The third kappa shape index (κ3) is 3.48. The van der Waals surface area contributed by atoms with Gasteiger partial charge in [0.25, 0.3) is 5.91 Å². The van der Waals surface area contributed by atoms with E-state index in [1.807, 2.05) is 35.8 Å². The van der Waals surface area contributed by atoms with Crippen molar-refractivity contribution in [3.8, 4) is 5.75 Å². The van der Waals surface area contributed by atoms with Gasteiger partial charge in [-0.3, -0.25) is 9.59 Å². The molecule has 1 spiro atoms. The summed E-state index contributed by atoms with van der Waals surface area (Å²) >= 11 is 0. The normalized spacial score (nSPS) is 22.3. The maximum absolute atomic E-state index is 12.9. The zero-order valence-corrected chi connectivity index (χ0v) is 15.7. The van der Waals surface area contributed by atoms with Gasteiger partial charge in [-0.15, -0.1) is 0 Å². The molecule has 2 aliphatic rings. The highest BCUT2D eigenvalue weighted by molar-refractivity contribution is 5.94. The predicted molar refractivity (Wildman–Crippen MR) is 101 cm³/mol. The minimum atomic E-state index is -0.151. The van der Waals surface area contributed by atoms with Gasteiger partial charge in [0, 0.05) is 31.1 Å². The Bertz CT molecular complexity index is 683. The first kappa shape index (κ1) is 18.5. The van der Waals surface area contributed by atoms with E-state index in [-0.39, 0.29) is 23.3 Å². The summed E-state index contributed by atoms with van der Waals surface area (Å²) in [6, 6.07) is 7.24. The number of piperidine rings is 1. The van der Waals surface area contributed by atoms with Crippen molar-refractivity contribution in [2.75, 3.05) is 26.2 Å². The standard InChI is InChI=1S/C21H28N2O3/c1-4-14-26-18-8-6-17(7-9-18)20(25)22-12-5-10-21(15-22)11-13-23(21)19(24)16(2)3/h4,6-9,16H,1,5,10-15H2,2-3H3. The first-order chi connectivity index (χ1) is 12.5. The van der Waals surface area contributed by atoms with E-state index >= 15 is 0 Å². The SMILES string of the molecule is C=CCOc1ccc(C(=O)N2CCCC3(CCN3C(=O)C(C)C)C2)cc1. The average Bonchev–Trinajstić information content (AvgIpc) is 2.65. The van der Waals surface area contributed by atoms with Gasteiger partial charge in [-0.1, -0.05) is 26.5 Å². The van der Waals surface area contributed by atoms with Gasteiger partial charge in [0.1, 0.15) is 12.4 Å². The second kappa shape index (κ2) is 7.52. The molecule has 1 aromatic carbocycles. The average molecular weight is 356 g/mol. The van der Waals surface area contributed by atoms with Crippen LogP contribution in [0.2, 0.25) is 0 Å². The Morgan fingerprint density at radius 3 is 2.54 bits per heavy atom. The van der Waals surface area contributed by atoms with E-state index in [2.05, 4.69) is 6.58 Å². The molecule has 0 saturated carbocycles. The molecule has 1 atom stereocenters. The van der Waals surface area contributed by atoms with Crippen LogP contribution in [-0.2, 0) is 4.79 Å². The Morgan fingerprint density at radius 2 is 1.96 bits per heavy atom. The molecule has 5 nitrogen and oxygen atoms in total. The molecule has 1 aromatic rings. The van der Waals surface area contributed by atoms with Crippen LogP contribution in [0.15, 0.2) is 36.9 Å². The van der Waals surface area contributed by atoms with Crippen LogP contribution >= 0.6 is 0 Å². The molecule has 2 aliphatic heterocycles. The lowest BCUT2D eigenvalue weighted by Gasteiger charge is -2.57. The van der Waals surface area contributed by atoms with Crippen LogP contribution in [0.3, 0.4) is 0 Å². The smallest absolute Gasteiger partial charge is 0.253 e. The van der Waals surface area contributed by atoms with E-state index in [4.69, 9.17) is 4.74 Å². The lowest BCUT2D eigenvalue weighted by Crippen LogP contribution is -2.69. The maximum atomic E-state index is 12.9. The molecule has 26 heavy (non-hydrogen) atoms. The minimum absolute atomic E-state index is 0.00126. The van der Waals surface area contributed by atoms with E-state index in [1.165, 1.54) is 0 Å². The number of nitrogens with zero attached hydrogens (tertiary/aromatic N) is 2. The Hall–Kier alpha value is -2.30. The van der Waals surface area contributed by atoms with Gasteiger partial charge >= 0.3 is 0 Å². The van der Waals surface area contributed by atoms with E-state index < -0.39 is 0 Å². The van der Waals surface area contributed by atoms with Crippen molar-refractivity contribution in [3.05, 3.63) is 42.5 Å². The molecular formula is C21H28N2O3. The van der Waals surface area contributed by atoms with Gasteiger partial charge in [0.15, 0.2) is 0 Å². The number of amides is 2. The first-order valence-corrected chi connectivity index (χ1v) is 9.41. The summed E-state index contributed by atoms with van der Waals surface area (Å²) in [5.74, 6) is 0.961.